The zero-order valence-electron chi connectivity index (χ0n) is 11.6. The van der Waals surface area contributed by atoms with Crippen LogP contribution in [0.4, 0.5) is 0 Å². The monoisotopic (exact) mass is 320 g/mol. The van der Waals surface area contributed by atoms with E-state index in [4.69, 9.17) is 0 Å². The number of sulfone groups is 1. The van der Waals surface area contributed by atoms with Gasteiger partial charge in [0.1, 0.15) is 0 Å². The first-order chi connectivity index (χ1) is 9.33. The Morgan fingerprint density at radius 1 is 1.00 bits per heavy atom. The van der Waals surface area contributed by atoms with Gasteiger partial charge >= 0.3 is 0 Å². The quantitative estimate of drug-likeness (QED) is 0.675. The van der Waals surface area contributed by atoms with E-state index in [1.807, 2.05) is 6.92 Å². The summed E-state index contributed by atoms with van der Waals surface area (Å²) in [6.45, 7) is 4.97. The maximum atomic E-state index is 12.0. The van der Waals surface area contributed by atoms with Crippen molar-refractivity contribution in [1.82, 2.24) is 10.0 Å². The summed E-state index contributed by atoms with van der Waals surface area (Å²) in [6, 6.07) is 5.40. The summed E-state index contributed by atoms with van der Waals surface area (Å²) in [5.41, 5.74) is 0. The summed E-state index contributed by atoms with van der Waals surface area (Å²) in [6.07, 6.45) is 0. The minimum Gasteiger partial charge on any atom is -0.316 e. The van der Waals surface area contributed by atoms with Crippen LogP contribution in [0.2, 0.25) is 0 Å². The van der Waals surface area contributed by atoms with E-state index in [0.717, 1.165) is 6.54 Å². The molecule has 1 aromatic rings. The summed E-state index contributed by atoms with van der Waals surface area (Å²) in [4.78, 5) is -0.0157. The summed E-state index contributed by atoms with van der Waals surface area (Å²) in [5.74, 6) is -0.0651. The van der Waals surface area contributed by atoms with Gasteiger partial charge in [-0.3, -0.25) is 0 Å². The zero-order valence-corrected chi connectivity index (χ0v) is 13.2. The van der Waals surface area contributed by atoms with E-state index in [2.05, 4.69) is 10.0 Å². The maximum Gasteiger partial charge on any atom is 0.240 e. The first-order valence-corrected chi connectivity index (χ1v) is 9.50. The molecule has 0 amide bonds. The second-order valence-electron chi connectivity index (χ2n) is 4.13. The molecule has 0 radical (unpaired) electrons. The van der Waals surface area contributed by atoms with Gasteiger partial charge in [-0.2, -0.15) is 0 Å². The lowest BCUT2D eigenvalue weighted by atomic mass is 10.4. The summed E-state index contributed by atoms with van der Waals surface area (Å²) >= 11 is 0. The average molecular weight is 320 g/mol. The van der Waals surface area contributed by atoms with Crippen molar-refractivity contribution in [3.8, 4) is 0 Å². The van der Waals surface area contributed by atoms with E-state index in [0.29, 0.717) is 6.54 Å². The third-order valence-electron chi connectivity index (χ3n) is 2.70. The third kappa shape index (κ3) is 4.55. The van der Waals surface area contributed by atoms with Gasteiger partial charge in [-0.25, -0.2) is 21.6 Å². The molecule has 0 spiro atoms. The lowest BCUT2D eigenvalue weighted by molar-refractivity contribution is 0.577. The van der Waals surface area contributed by atoms with Gasteiger partial charge in [0.15, 0.2) is 9.84 Å². The molecule has 0 saturated heterocycles. The van der Waals surface area contributed by atoms with E-state index in [1.54, 1.807) is 0 Å². The fourth-order valence-electron chi connectivity index (χ4n) is 1.54. The average Bonchev–Trinajstić information content (AvgIpc) is 2.44. The van der Waals surface area contributed by atoms with E-state index < -0.39 is 19.9 Å². The molecule has 0 saturated carbocycles. The lowest BCUT2D eigenvalue weighted by Crippen LogP contribution is -2.31. The summed E-state index contributed by atoms with van der Waals surface area (Å²) in [7, 11) is -7.10. The smallest absolute Gasteiger partial charge is 0.240 e. The highest BCUT2D eigenvalue weighted by molar-refractivity contribution is 7.91. The molecule has 0 heterocycles. The third-order valence-corrected chi connectivity index (χ3v) is 5.89. The first-order valence-electron chi connectivity index (χ1n) is 6.36. The molecule has 0 fully saturated rings. The fraction of sp³-hybridized carbons (Fsp3) is 0.500. The number of nitrogens with one attached hydrogen (secondary N) is 2. The number of likely N-dealkylation sites (N-methyl/N-ethyl adjacent to an activating group) is 1. The molecule has 114 valence electrons. The number of benzene rings is 1. The van der Waals surface area contributed by atoms with E-state index in [9.17, 15) is 16.8 Å². The zero-order chi connectivity index (χ0) is 15.2. The Balaban J connectivity index is 2.94. The molecule has 0 aliphatic carbocycles. The van der Waals surface area contributed by atoms with Crippen LogP contribution in [0.25, 0.3) is 0 Å². The molecule has 0 bridgehead atoms. The fourth-order valence-corrected chi connectivity index (χ4v) is 3.61. The number of sulfonamides is 1. The van der Waals surface area contributed by atoms with Gasteiger partial charge in [-0.05, 0) is 24.7 Å². The van der Waals surface area contributed by atoms with Crippen LogP contribution < -0.4 is 10.0 Å². The lowest BCUT2D eigenvalue weighted by Gasteiger charge is -2.08. The molecule has 0 aliphatic rings. The molecule has 2 N–H and O–H groups in total. The van der Waals surface area contributed by atoms with Crippen LogP contribution in [0.5, 0.6) is 0 Å². The van der Waals surface area contributed by atoms with Crippen LogP contribution in [0.3, 0.4) is 0 Å². The van der Waals surface area contributed by atoms with Crippen LogP contribution in [-0.2, 0) is 19.9 Å². The van der Waals surface area contributed by atoms with Crippen molar-refractivity contribution in [1.29, 1.82) is 0 Å². The van der Waals surface area contributed by atoms with Gasteiger partial charge in [-0.1, -0.05) is 19.9 Å². The van der Waals surface area contributed by atoms with Gasteiger partial charge in [-0.15, -0.1) is 0 Å². The predicted molar refractivity (Wildman–Crippen MR) is 77.9 cm³/mol. The van der Waals surface area contributed by atoms with Crippen molar-refractivity contribution in [2.24, 2.45) is 0 Å². The van der Waals surface area contributed by atoms with Crippen LogP contribution in [-0.4, -0.2) is 42.2 Å². The van der Waals surface area contributed by atoms with Crippen LogP contribution in [0, 0.1) is 0 Å². The largest absolute Gasteiger partial charge is 0.316 e. The standard InChI is InChI=1S/C12H20N2O4S2/c1-3-13-8-9-14-20(17,18)12-7-5-6-11(10-12)19(15,16)4-2/h5-7,10,13-14H,3-4,8-9H2,1-2H3. The van der Waals surface area contributed by atoms with Crippen molar-refractivity contribution in [2.45, 2.75) is 23.6 Å². The van der Waals surface area contributed by atoms with Gasteiger partial charge in [0.2, 0.25) is 10.0 Å². The second-order valence-corrected chi connectivity index (χ2v) is 8.17. The highest BCUT2D eigenvalue weighted by atomic mass is 32.2. The molecule has 1 rings (SSSR count). The Morgan fingerprint density at radius 3 is 2.25 bits per heavy atom. The first kappa shape index (κ1) is 17.1. The van der Waals surface area contributed by atoms with Gasteiger partial charge in [0.05, 0.1) is 15.5 Å². The van der Waals surface area contributed by atoms with Gasteiger partial charge < -0.3 is 5.32 Å². The van der Waals surface area contributed by atoms with Crippen LogP contribution >= 0.6 is 0 Å². The van der Waals surface area contributed by atoms with Gasteiger partial charge in [0, 0.05) is 13.1 Å². The molecule has 0 atom stereocenters. The minimum atomic E-state index is -3.69. The van der Waals surface area contributed by atoms with Crippen molar-refractivity contribution in [2.75, 3.05) is 25.4 Å². The number of hydrogen-bond donors (Lipinski definition) is 2. The number of rotatable bonds is 8. The van der Waals surface area contributed by atoms with Crippen LogP contribution in [0.1, 0.15) is 13.8 Å². The molecule has 20 heavy (non-hydrogen) atoms. The van der Waals surface area contributed by atoms with Crippen molar-refractivity contribution < 1.29 is 16.8 Å². The molecule has 0 aliphatic heterocycles. The topological polar surface area (TPSA) is 92.3 Å². The Hall–Kier alpha value is -0.960. The molecule has 8 heteroatoms. The number of hydrogen-bond acceptors (Lipinski definition) is 5. The maximum absolute atomic E-state index is 12.0. The Labute approximate surface area is 120 Å². The summed E-state index contributed by atoms with van der Waals surface area (Å²) < 4.78 is 50.0. The Morgan fingerprint density at radius 2 is 1.65 bits per heavy atom. The van der Waals surface area contributed by atoms with E-state index in [-0.39, 0.29) is 22.1 Å². The molecule has 6 nitrogen and oxygen atoms in total. The normalized spacial score (nSPS) is 12.5. The molecule has 0 aromatic heterocycles. The van der Waals surface area contributed by atoms with Crippen LogP contribution in [0.15, 0.2) is 34.1 Å². The predicted octanol–water partition coefficient (Wildman–Crippen LogP) is 0.368. The Kier molecular flexibility index (Phi) is 6.12. The van der Waals surface area contributed by atoms with E-state index >= 15 is 0 Å². The molecule has 0 unspecified atom stereocenters. The Bertz CT molecular complexity index is 639. The van der Waals surface area contributed by atoms with Gasteiger partial charge in [0.25, 0.3) is 0 Å². The van der Waals surface area contributed by atoms with Crippen molar-refractivity contribution in [3.05, 3.63) is 24.3 Å². The molecular formula is C12H20N2O4S2. The van der Waals surface area contributed by atoms with E-state index in [1.165, 1.54) is 31.2 Å². The second kappa shape index (κ2) is 7.16. The van der Waals surface area contributed by atoms with Crippen molar-refractivity contribution in [3.63, 3.8) is 0 Å². The summed E-state index contributed by atoms with van der Waals surface area (Å²) in [5, 5.41) is 2.99. The SMILES string of the molecule is CCNCCNS(=O)(=O)c1cccc(S(=O)(=O)CC)c1. The molecular weight excluding hydrogens is 300 g/mol. The van der Waals surface area contributed by atoms with Crippen molar-refractivity contribution >= 4 is 19.9 Å². The highest BCUT2D eigenvalue weighted by Crippen LogP contribution is 2.16. The minimum absolute atomic E-state index is 0.0227. The highest BCUT2D eigenvalue weighted by Gasteiger charge is 2.17. The molecule has 1 aromatic carbocycles.